The molecule has 0 unspecified atom stereocenters. The van der Waals surface area contributed by atoms with Crippen molar-refractivity contribution in [3.63, 3.8) is 0 Å². The van der Waals surface area contributed by atoms with E-state index >= 15 is 0 Å². The molecule has 2 aromatic carbocycles. The van der Waals surface area contributed by atoms with Crippen molar-refractivity contribution >= 4 is 11.6 Å². The molecule has 4 rings (SSSR count). The molecule has 2 aliphatic heterocycles. The Balaban J connectivity index is 1.87. The highest BCUT2D eigenvalue weighted by Gasteiger charge is 2.68. The number of hydrogen-bond donors (Lipinski definition) is 1. The van der Waals surface area contributed by atoms with Crippen LogP contribution < -0.4 is 14.8 Å². The van der Waals surface area contributed by atoms with Crippen molar-refractivity contribution in [3.05, 3.63) is 63.7 Å². The van der Waals surface area contributed by atoms with Crippen LogP contribution in [0.5, 0.6) is 11.5 Å². The quantitative estimate of drug-likeness (QED) is 0.643. The van der Waals surface area contributed by atoms with E-state index in [1.807, 2.05) is 0 Å². The minimum atomic E-state index is -1.35. The lowest BCUT2D eigenvalue weighted by Crippen LogP contribution is -2.54. The lowest BCUT2D eigenvalue weighted by molar-refractivity contribution is -0.534. The van der Waals surface area contributed by atoms with E-state index in [4.69, 9.17) is 9.47 Å². The van der Waals surface area contributed by atoms with Gasteiger partial charge < -0.3 is 14.8 Å². The summed E-state index contributed by atoms with van der Waals surface area (Å²) >= 11 is 0. The topological polar surface area (TPSA) is 93.9 Å². The first-order valence-electron chi connectivity index (χ1n) is 8.92. The number of nitrogens with zero attached hydrogens (tertiary/aromatic N) is 2. The highest BCUT2D eigenvalue weighted by atomic mass is 16.6. The van der Waals surface area contributed by atoms with Crippen LogP contribution in [0.25, 0.3) is 0 Å². The van der Waals surface area contributed by atoms with Crippen LogP contribution in [0.15, 0.2) is 42.5 Å². The normalized spacial score (nSPS) is 26.2. The number of likely N-dealkylation sites (tertiary alicyclic amines) is 1. The first kappa shape index (κ1) is 18.2. The van der Waals surface area contributed by atoms with Gasteiger partial charge in [-0.1, -0.05) is 24.3 Å². The number of likely N-dealkylation sites (N-methyl/N-ethyl adjacent to an activating group) is 1. The summed E-state index contributed by atoms with van der Waals surface area (Å²) < 4.78 is 10.6. The summed E-state index contributed by atoms with van der Waals surface area (Å²) in [5.74, 6) is 0.202. The molecule has 2 aromatic rings. The van der Waals surface area contributed by atoms with Gasteiger partial charge in [0.15, 0.2) is 17.0 Å². The minimum Gasteiger partial charge on any atom is -0.493 e. The molecule has 0 saturated carbocycles. The maximum atomic E-state index is 13.1. The van der Waals surface area contributed by atoms with Gasteiger partial charge in [-0.05, 0) is 30.8 Å². The highest BCUT2D eigenvalue weighted by molar-refractivity contribution is 6.06. The Morgan fingerprint density at radius 1 is 1.18 bits per heavy atom. The summed E-state index contributed by atoms with van der Waals surface area (Å²) in [7, 11) is 4.82. The van der Waals surface area contributed by atoms with E-state index in [1.165, 1.54) is 14.2 Å². The molecule has 8 heteroatoms. The molecular formula is C20H21N3O5. The molecule has 1 saturated heterocycles. The second-order valence-electron chi connectivity index (χ2n) is 7.10. The van der Waals surface area contributed by atoms with Gasteiger partial charge >= 0.3 is 0 Å². The zero-order valence-corrected chi connectivity index (χ0v) is 15.8. The molecule has 3 atom stereocenters. The second kappa shape index (κ2) is 6.49. The summed E-state index contributed by atoms with van der Waals surface area (Å²) in [4.78, 5) is 26.8. The summed E-state index contributed by atoms with van der Waals surface area (Å²) in [5, 5.41) is 15.1. The fraction of sp³-hybridized carbons (Fsp3) is 0.350. The number of anilines is 1. The molecule has 146 valence electrons. The Labute approximate surface area is 162 Å². The molecule has 1 amide bonds. The number of methoxy groups -OCH3 is 2. The monoisotopic (exact) mass is 383 g/mol. The summed E-state index contributed by atoms with van der Waals surface area (Å²) in [6.45, 7) is 0.364. The minimum absolute atomic E-state index is 0.327. The zero-order valence-electron chi connectivity index (χ0n) is 15.8. The fourth-order valence-electron chi connectivity index (χ4n) is 4.66. The third-order valence-corrected chi connectivity index (χ3v) is 5.88. The standard InChI is InChI=1S/C20H21N3O5/c1-22-11-13(12-8-9-16(27-2)17(10-12)28-3)18(23(25)26)20(22)14-6-4-5-7-15(14)21-19(20)24/h4-10,13,18H,11H2,1-3H3,(H,21,24)/t13-,18+,20-/m0/s1. The molecule has 1 N–H and O–H groups in total. The van der Waals surface area contributed by atoms with E-state index in [0.29, 0.717) is 29.3 Å². The van der Waals surface area contributed by atoms with Crippen molar-refractivity contribution in [2.45, 2.75) is 17.5 Å². The maximum Gasteiger partial charge on any atom is 0.256 e. The predicted octanol–water partition coefficient (Wildman–Crippen LogP) is 2.23. The van der Waals surface area contributed by atoms with Gasteiger partial charge in [0, 0.05) is 22.7 Å². The number of nitro groups is 1. The van der Waals surface area contributed by atoms with Gasteiger partial charge in [0.1, 0.15) is 0 Å². The fourth-order valence-corrected chi connectivity index (χ4v) is 4.66. The molecule has 0 aliphatic carbocycles. The van der Waals surface area contributed by atoms with Crippen molar-refractivity contribution in [2.24, 2.45) is 0 Å². The second-order valence-corrected chi connectivity index (χ2v) is 7.10. The first-order chi connectivity index (χ1) is 13.4. The summed E-state index contributed by atoms with van der Waals surface area (Å²) in [6, 6.07) is 11.3. The number of benzene rings is 2. The number of para-hydroxylation sites is 1. The lowest BCUT2D eigenvalue weighted by Gasteiger charge is -2.30. The Morgan fingerprint density at radius 3 is 2.57 bits per heavy atom. The molecular weight excluding hydrogens is 362 g/mol. The van der Waals surface area contributed by atoms with Gasteiger partial charge in [-0.2, -0.15) is 0 Å². The largest absolute Gasteiger partial charge is 0.493 e. The Bertz CT molecular complexity index is 963. The van der Waals surface area contributed by atoms with E-state index in [1.54, 1.807) is 54.4 Å². The van der Waals surface area contributed by atoms with Crippen molar-refractivity contribution in [1.82, 2.24) is 4.90 Å². The number of nitrogens with one attached hydrogen (secondary N) is 1. The Hall–Kier alpha value is -3.13. The van der Waals surface area contributed by atoms with Gasteiger partial charge in [-0.15, -0.1) is 0 Å². The average molecular weight is 383 g/mol. The van der Waals surface area contributed by atoms with Crippen LogP contribution in [0, 0.1) is 10.1 Å². The number of fused-ring (bicyclic) bond motifs is 2. The molecule has 1 spiro atoms. The van der Waals surface area contributed by atoms with Gasteiger partial charge in [0.25, 0.3) is 11.9 Å². The molecule has 0 bridgehead atoms. The Kier molecular flexibility index (Phi) is 4.23. The first-order valence-corrected chi connectivity index (χ1v) is 8.92. The molecule has 8 nitrogen and oxygen atoms in total. The molecule has 2 aliphatic rings. The third kappa shape index (κ3) is 2.31. The van der Waals surface area contributed by atoms with Gasteiger partial charge in [0.05, 0.1) is 20.1 Å². The van der Waals surface area contributed by atoms with E-state index < -0.39 is 17.5 Å². The van der Waals surface area contributed by atoms with E-state index in [9.17, 15) is 14.9 Å². The SMILES string of the molecule is COc1ccc([C@@H]2CN(C)[C@]3(C(=O)Nc4ccccc43)[C@@H]2[N+](=O)[O-])cc1OC. The van der Waals surface area contributed by atoms with Crippen molar-refractivity contribution < 1.29 is 19.2 Å². The van der Waals surface area contributed by atoms with Crippen molar-refractivity contribution in [1.29, 1.82) is 0 Å². The van der Waals surface area contributed by atoms with Crippen LogP contribution in [0.1, 0.15) is 17.0 Å². The van der Waals surface area contributed by atoms with E-state index in [2.05, 4.69) is 5.32 Å². The number of rotatable bonds is 4. The van der Waals surface area contributed by atoms with Gasteiger partial charge in [-0.25, -0.2) is 0 Å². The highest BCUT2D eigenvalue weighted by Crippen LogP contribution is 2.52. The molecule has 0 radical (unpaired) electrons. The van der Waals surface area contributed by atoms with Crippen LogP contribution in [0.4, 0.5) is 5.69 Å². The maximum absolute atomic E-state index is 13.1. The number of carbonyl (C=O) groups is 1. The van der Waals surface area contributed by atoms with Crippen LogP contribution in [0.3, 0.4) is 0 Å². The molecule has 2 heterocycles. The summed E-state index contributed by atoms with van der Waals surface area (Å²) in [5.41, 5.74) is 0.657. The molecule has 0 aromatic heterocycles. The van der Waals surface area contributed by atoms with Crippen LogP contribution in [0.2, 0.25) is 0 Å². The molecule has 28 heavy (non-hydrogen) atoms. The van der Waals surface area contributed by atoms with Gasteiger partial charge in [-0.3, -0.25) is 19.8 Å². The van der Waals surface area contributed by atoms with Gasteiger partial charge in [0.2, 0.25) is 0 Å². The van der Waals surface area contributed by atoms with E-state index in [-0.39, 0.29) is 10.8 Å². The summed E-state index contributed by atoms with van der Waals surface area (Å²) in [6.07, 6.45) is 0. The number of ether oxygens (including phenoxy) is 2. The van der Waals surface area contributed by atoms with E-state index in [0.717, 1.165) is 5.56 Å². The third-order valence-electron chi connectivity index (χ3n) is 5.88. The zero-order chi connectivity index (χ0) is 20.1. The number of carbonyl (C=O) groups excluding carboxylic acids is 1. The average Bonchev–Trinajstić information content (AvgIpc) is 3.17. The van der Waals surface area contributed by atoms with Crippen molar-refractivity contribution in [3.8, 4) is 11.5 Å². The Morgan fingerprint density at radius 2 is 1.89 bits per heavy atom. The number of hydrogen-bond acceptors (Lipinski definition) is 6. The van der Waals surface area contributed by atoms with Crippen molar-refractivity contribution in [2.75, 3.05) is 33.1 Å². The van der Waals surface area contributed by atoms with Crippen LogP contribution in [-0.4, -0.2) is 49.6 Å². The smallest absolute Gasteiger partial charge is 0.256 e. The molecule has 1 fully saturated rings. The number of amides is 1. The lowest BCUT2D eigenvalue weighted by atomic mass is 9.79. The van der Waals surface area contributed by atoms with Crippen LogP contribution in [-0.2, 0) is 10.3 Å². The predicted molar refractivity (Wildman–Crippen MR) is 102 cm³/mol. The van der Waals surface area contributed by atoms with Crippen LogP contribution >= 0.6 is 0 Å².